The van der Waals surface area contributed by atoms with Gasteiger partial charge in [-0.1, -0.05) is 18.6 Å². The third-order valence-corrected chi connectivity index (χ3v) is 6.65. The molecule has 3 aromatic rings. The van der Waals surface area contributed by atoms with Crippen molar-refractivity contribution < 1.29 is 9.18 Å². The summed E-state index contributed by atoms with van der Waals surface area (Å²) in [6, 6.07) is 9.69. The van der Waals surface area contributed by atoms with Crippen molar-refractivity contribution in [3.63, 3.8) is 0 Å². The Hall–Kier alpha value is -3.47. The summed E-state index contributed by atoms with van der Waals surface area (Å²) >= 11 is 0. The number of benzene rings is 1. The third kappa shape index (κ3) is 3.29. The van der Waals surface area contributed by atoms with E-state index < -0.39 is 5.67 Å². The first-order valence-electron chi connectivity index (χ1n) is 10.9. The minimum atomic E-state index is -1.36. The zero-order chi connectivity index (χ0) is 22.6. The maximum Gasteiger partial charge on any atom is 0.278 e. The molecular weight excluding hydrogens is 409 g/mol. The van der Waals surface area contributed by atoms with Gasteiger partial charge in [-0.25, -0.2) is 8.91 Å². The van der Waals surface area contributed by atoms with Gasteiger partial charge in [0, 0.05) is 17.2 Å². The Balaban J connectivity index is 1.59. The predicted molar refractivity (Wildman–Crippen MR) is 117 cm³/mol. The SMILES string of the molecule is Cc1cc(-c2cc(C3CCC3)n3ncn(CC(=O)N4CC(C)(F)C4)c(=O)c23)ccc1C#N. The summed E-state index contributed by atoms with van der Waals surface area (Å²) < 4.78 is 16.8. The Kier molecular flexibility index (Phi) is 4.66. The number of alkyl halides is 1. The standard InChI is InChI=1S/C24H24FN5O2/c1-15-8-17(6-7-18(15)10-26)19-9-20(16-4-3-5-16)30-22(19)23(32)28(14-27-30)11-21(31)29-12-24(2,25)13-29/h6-9,14,16H,3-5,11-13H2,1-2H3. The van der Waals surface area contributed by atoms with Gasteiger partial charge in [-0.2, -0.15) is 10.4 Å². The van der Waals surface area contributed by atoms with E-state index in [1.54, 1.807) is 10.6 Å². The molecular formula is C24H24FN5O2. The van der Waals surface area contributed by atoms with Gasteiger partial charge >= 0.3 is 0 Å². The summed E-state index contributed by atoms with van der Waals surface area (Å²) in [6.45, 7) is 3.25. The molecule has 0 atom stereocenters. The monoisotopic (exact) mass is 433 g/mol. The quantitative estimate of drug-likeness (QED) is 0.633. The van der Waals surface area contributed by atoms with Crippen molar-refractivity contribution in [2.45, 2.75) is 51.2 Å². The lowest BCUT2D eigenvalue weighted by Crippen LogP contribution is -2.60. The highest BCUT2D eigenvalue weighted by Gasteiger charge is 2.41. The highest BCUT2D eigenvalue weighted by molar-refractivity contribution is 5.82. The van der Waals surface area contributed by atoms with Crippen molar-refractivity contribution in [3.8, 4) is 17.2 Å². The average molecular weight is 433 g/mol. The molecule has 0 spiro atoms. The molecule has 0 bridgehead atoms. The second kappa shape index (κ2) is 7.30. The largest absolute Gasteiger partial charge is 0.335 e. The van der Waals surface area contributed by atoms with Crippen LogP contribution in [0, 0.1) is 18.3 Å². The number of aromatic nitrogens is 3. The van der Waals surface area contributed by atoms with Crippen LogP contribution in [-0.4, -0.2) is 43.7 Å². The van der Waals surface area contributed by atoms with Crippen molar-refractivity contribution in [2.24, 2.45) is 0 Å². The van der Waals surface area contributed by atoms with Crippen LogP contribution in [-0.2, 0) is 11.3 Å². The van der Waals surface area contributed by atoms with Crippen LogP contribution in [0.5, 0.6) is 0 Å². The van der Waals surface area contributed by atoms with E-state index in [9.17, 15) is 19.2 Å². The van der Waals surface area contributed by atoms with E-state index in [2.05, 4.69) is 11.2 Å². The van der Waals surface area contributed by atoms with E-state index in [1.165, 1.54) is 22.7 Å². The van der Waals surface area contributed by atoms with Crippen LogP contribution < -0.4 is 5.56 Å². The van der Waals surface area contributed by atoms with Gasteiger partial charge in [-0.05, 0) is 49.9 Å². The molecule has 0 unspecified atom stereocenters. The van der Waals surface area contributed by atoms with Gasteiger partial charge in [0.05, 0.1) is 24.7 Å². The lowest BCUT2D eigenvalue weighted by Gasteiger charge is -2.42. The molecule has 2 aromatic heterocycles. The number of nitrogens with zero attached hydrogens (tertiary/aromatic N) is 5. The van der Waals surface area contributed by atoms with E-state index in [0.717, 1.165) is 41.6 Å². The molecule has 5 rings (SSSR count). The minimum absolute atomic E-state index is 0.0446. The van der Waals surface area contributed by atoms with Gasteiger partial charge in [0.15, 0.2) is 0 Å². The normalized spacial score (nSPS) is 17.6. The van der Waals surface area contributed by atoms with Crippen LogP contribution in [0.4, 0.5) is 4.39 Å². The number of fused-ring (bicyclic) bond motifs is 1. The Morgan fingerprint density at radius 1 is 1.31 bits per heavy atom. The zero-order valence-corrected chi connectivity index (χ0v) is 18.1. The molecule has 0 N–H and O–H groups in total. The van der Waals surface area contributed by atoms with Gasteiger partial charge in [-0.3, -0.25) is 14.2 Å². The Bertz CT molecular complexity index is 1330. The van der Waals surface area contributed by atoms with E-state index >= 15 is 0 Å². The molecule has 1 aliphatic heterocycles. The smallest absolute Gasteiger partial charge is 0.278 e. The predicted octanol–water partition coefficient (Wildman–Crippen LogP) is 3.18. The molecule has 1 aromatic carbocycles. The lowest BCUT2D eigenvalue weighted by atomic mass is 9.83. The first-order chi connectivity index (χ1) is 15.3. The van der Waals surface area contributed by atoms with Crippen molar-refractivity contribution in [1.29, 1.82) is 5.26 Å². The van der Waals surface area contributed by atoms with E-state index in [1.807, 2.05) is 25.1 Å². The molecule has 1 aliphatic carbocycles. The lowest BCUT2D eigenvalue weighted by molar-refractivity contribution is -0.144. The number of carbonyl (C=O) groups is 1. The van der Waals surface area contributed by atoms with Crippen LogP contribution in [0.25, 0.3) is 16.6 Å². The minimum Gasteiger partial charge on any atom is -0.335 e. The van der Waals surface area contributed by atoms with Gasteiger partial charge in [0.25, 0.3) is 5.56 Å². The number of hydrogen-bond donors (Lipinski definition) is 0. The van der Waals surface area contributed by atoms with Crippen LogP contribution in [0.2, 0.25) is 0 Å². The van der Waals surface area contributed by atoms with Crippen LogP contribution in [0.15, 0.2) is 35.4 Å². The highest BCUT2D eigenvalue weighted by atomic mass is 19.1. The topological polar surface area (TPSA) is 83.4 Å². The van der Waals surface area contributed by atoms with Gasteiger partial charge < -0.3 is 4.90 Å². The zero-order valence-electron chi connectivity index (χ0n) is 18.1. The fourth-order valence-corrected chi connectivity index (χ4v) is 4.61. The Morgan fingerprint density at radius 3 is 2.66 bits per heavy atom. The number of nitriles is 1. The molecule has 2 fully saturated rings. The number of rotatable bonds is 4. The van der Waals surface area contributed by atoms with Crippen LogP contribution in [0.1, 0.15) is 48.9 Å². The van der Waals surface area contributed by atoms with Gasteiger partial charge in [0.1, 0.15) is 24.1 Å². The summed E-state index contributed by atoms with van der Waals surface area (Å²) in [5.41, 5.74) is 2.76. The molecule has 164 valence electrons. The number of carbonyl (C=O) groups excluding carboxylic acids is 1. The van der Waals surface area contributed by atoms with E-state index in [0.29, 0.717) is 17.0 Å². The molecule has 3 heterocycles. The summed E-state index contributed by atoms with van der Waals surface area (Å²) in [7, 11) is 0. The molecule has 0 radical (unpaired) electrons. The number of likely N-dealkylation sites (tertiary alicyclic amines) is 1. The maximum atomic E-state index is 13.8. The second-order valence-electron chi connectivity index (χ2n) is 9.24. The van der Waals surface area contributed by atoms with Crippen LogP contribution in [0.3, 0.4) is 0 Å². The average Bonchev–Trinajstić information content (AvgIpc) is 3.06. The van der Waals surface area contributed by atoms with E-state index in [4.69, 9.17) is 0 Å². The third-order valence-electron chi connectivity index (χ3n) is 6.65. The van der Waals surface area contributed by atoms with Crippen molar-refractivity contribution in [3.05, 3.63) is 57.8 Å². The molecule has 7 nitrogen and oxygen atoms in total. The number of halogens is 1. The fourth-order valence-electron chi connectivity index (χ4n) is 4.61. The summed E-state index contributed by atoms with van der Waals surface area (Å²) in [5.74, 6) is 0.0540. The molecule has 1 amide bonds. The molecule has 1 saturated carbocycles. The molecule has 8 heteroatoms. The van der Waals surface area contributed by atoms with Crippen LogP contribution >= 0.6 is 0 Å². The van der Waals surface area contributed by atoms with Gasteiger partial charge in [0.2, 0.25) is 5.91 Å². The van der Waals surface area contributed by atoms with E-state index in [-0.39, 0.29) is 31.1 Å². The Morgan fingerprint density at radius 2 is 2.06 bits per heavy atom. The number of amides is 1. The summed E-state index contributed by atoms with van der Waals surface area (Å²) in [4.78, 5) is 27.4. The molecule has 2 aliphatic rings. The summed E-state index contributed by atoms with van der Waals surface area (Å²) in [6.07, 6.45) is 4.66. The number of aryl methyl sites for hydroxylation is 1. The molecule has 1 saturated heterocycles. The fraction of sp³-hybridized carbons (Fsp3) is 0.417. The summed E-state index contributed by atoms with van der Waals surface area (Å²) in [5, 5.41) is 13.8. The van der Waals surface area contributed by atoms with Crippen molar-refractivity contribution >= 4 is 11.4 Å². The van der Waals surface area contributed by atoms with Crippen molar-refractivity contribution in [2.75, 3.05) is 13.1 Å². The first kappa shape index (κ1) is 20.4. The van der Waals surface area contributed by atoms with Crippen molar-refractivity contribution in [1.82, 2.24) is 19.1 Å². The number of hydrogen-bond acceptors (Lipinski definition) is 4. The van der Waals surface area contributed by atoms with Gasteiger partial charge in [-0.15, -0.1) is 0 Å². The highest BCUT2D eigenvalue weighted by Crippen LogP contribution is 2.39. The second-order valence-corrected chi connectivity index (χ2v) is 9.24. The first-order valence-corrected chi connectivity index (χ1v) is 10.9. The Labute approximate surface area is 184 Å². The maximum absolute atomic E-state index is 13.8. The molecule has 32 heavy (non-hydrogen) atoms.